The third-order valence-electron chi connectivity index (χ3n) is 4.15. The predicted molar refractivity (Wildman–Crippen MR) is 84.7 cm³/mol. The highest BCUT2D eigenvalue weighted by molar-refractivity contribution is 5.87. The summed E-state index contributed by atoms with van der Waals surface area (Å²) in [4.78, 5) is 11.1. The summed E-state index contributed by atoms with van der Waals surface area (Å²) in [5.41, 5.74) is 3.95. The van der Waals surface area contributed by atoms with Gasteiger partial charge < -0.3 is 5.11 Å². The normalized spacial score (nSPS) is 14.1. The lowest BCUT2D eigenvalue weighted by atomic mass is 10.1. The molecule has 1 saturated carbocycles. The summed E-state index contributed by atoms with van der Waals surface area (Å²) in [5, 5.41) is 17.6. The molecule has 6 heteroatoms. The van der Waals surface area contributed by atoms with Gasteiger partial charge >= 0.3 is 5.97 Å². The number of benzene rings is 1. The van der Waals surface area contributed by atoms with Gasteiger partial charge in [-0.05, 0) is 37.1 Å². The van der Waals surface area contributed by atoms with Crippen LogP contribution in [0.4, 0.5) is 0 Å². The first-order valence-electron chi connectivity index (χ1n) is 7.55. The number of carbonyl (C=O) groups is 1. The quantitative estimate of drug-likeness (QED) is 0.804. The van der Waals surface area contributed by atoms with E-state index in [9.17, 15) is 4.79 Å². The first-order chi connectivity index (χ1) is 11.1. The number of hydrogen-bond acceptors (Lipinski definition) is 3. The van der Waals surface area contributed by atoms with E-state index in [0.717, 1.165) is 16.9 Å². The molecular formula is C17H16N4O2. The van der Waals surface area contributed by atoms with Crippen LogP contribution in [-0.4, -0.2) is 30.6 Å². The standard InChI is InChI=1S/C17H16N4O2/c1-20-16(10-14(19-20)17(22)23)12-3-2-4-13(9-12)21-15(7-8-18-21)11-5-6-11/h2-4,7-11H,5-6H2,1H3,(H,22,23). The topological polar surface area (TPSA) is 72.9 Å². The molecule has 1 aliphatic rings. The Morgan fingerprint density at radius 2 is 2.09 bits per heavy atom. The molecule has 2 heterocycles. The van der Waals surface area contributed by atoms with E-state index < -0.39 is 5.97 Å². The lowest BCUT2D eigenvalue weighted by Crippen LogP contribution is -2.02. The summed E-state index contributed by atoms with van der Waals surface area (Å²) in [6, 6.07) is 11.6. The predicted octanol–water partition coefficient (Wildman–Crippen LogP) is 2.85. The van der Waals surface area contributed by atoms with Crippen molar-refractivity contribution in [3.63, 3.8) is 0 Å². The van der Waals surface area contributed by atoms with Crippen molar-refractivity contribution in [2.24, 2.45) is 7.05 Å². The smallest absolute Gasteiger partial charge is 0.356 e. The lowest BCUT2D eigenvalue weighted by molar-refractivity contribution is 0.0689. The lowest BCUT2D eigenvalue weighted by Gasteiger charge is -2.09. The molecule has 6 nitrogen and oxygen atoms in total. The highest BCUT2D eigenvalue weighted by Crippen LogP contribution is 2.40. The molecule has 23 heavy (non-hydrogen) atoms. The monoisotopic (exact) mass is 308 g/mol. The van der Waals surface area contributed by atoms with E-state index >= 15 is 0 Å². The van der Waals surface area contributed by atoms with Gasteiger partial charge in [-0.25, -0.2) is 9.48 Å². The van der Waals surface area contributed by atoms with Crippen molar-refractivity contribution >= 4 is 5.97 Å². The number of aryl methyl sites for hydroxylation is 1. The van der Waals surface area contributed by atoms with Crippen LogP contribution in [0.25, 0.3) is 16.9 Å². The second kappa shape index (κ2) is 5.08. The van der Waals surface area contributed by atoms with E-state index in [-0.39, 0.29) is 5.69 Å². The van der Waals surface area contributed by atoms with Gasteiger partial charge in [0, 0.05) is 30.4 Å². The Morgan fingerprint density at radius 1 is 1.26 bits per heavy atom. The third-order valence-corrected chi connectivity index (χ3v) is 4.15. The molecule has 4 rings (SSSR count). The number of carboxylic acids is 1. The van der Waals surface area contributed by atoms with Crippen molar-refractivity contribution in [1.29, 1.82) is 0 Å². The van der Waals surface area contributed by atoms with Gasteiger partial charge in [0.15, 0.2) is 5.69 Å². The molecule has 1 aliphatic carbocycles. The maximum absolute atomic E-state index is 11.1. The van der Waals surface area contributed by atoms with Gasteiger partial charge in [-0.1, -0.05) is 12.1 Å². The minimum atomic E-state index is -1.02. The van der Waals surface area contributed by atoms with E-state index in [4.69, 9.17) is 5.11 Å². The van der Waals surface area contributed by atoms with E-state index in [0.29, 0.717) is 5.92 Å². The Labute approximate surface area is 133 Å². The number of carboxylic acid groups (broad SMARTS) is 1. The highest BCUT2D eigenvalue weighted by Gasteiger charge is 2.27. The summed E-state index contributed by atoms with van der Waals surface area (Å²) in [6.07, 6.45) is 4.26. The van der Waals surface area contributed by atoms with Crippen molar-refractivity contribution in [3.8, 4) is 16.9 Å². The highest BCUT2D eigenvalue weighted by atomic mass is 16.4. The molecule has 0 bridgehead atoms. The van der Waals surface area contributed by atoms with Crippen LogP contribution in [-0.2, 0) is 7.05 Å². The Balaban J connectivity index is 1.77. The molecule has 1 N–H and O–H groups in total. The molecule has 116 valence electrons. The largest absolute Gasteiger partial charge is 0.476 e. The minimum absolute atomic E-state index is 0.0469. The fourth-order valence-corrected chi connectivity index (χ4v) is 2.86. The fraction of sp³-hybridized carbons (Fsp3) is 0.235. The minimum Gasteiger partial charge on any atom is -0.476 e. The van der Waals surface area contributed by atoms with Crippen LogP contribution in [0.2, 0.25) is 0 Å². The van der Waals surface area contributed by atoms with Gasteiger partial charge in [0.25, 0.3) is 0 Å². The van der Waals surface area contributed by atoms with Gasteiger partial charge in [0.2, 0.25) is 0 Å². The zero-order chi connectivity index (χ0) is 16.0. The SMILES string of the molecule is Cn1nc(C(=O)O)cc1-c1cccc(-n2nccc2C2CC2)c1. The maximum Gasteiger partial charge on any atom is 0.356 e. The average Bonchev–Trinajstić information content (AvgIpc) is 3.13. The number of nitrogens with zero attached hydrogens (tertiary/aromatic N) is 4. The number of hydrogen-bond donors (Lipinski definition) is 1. The van der Waals surface area contributed by atoms with Gasteiger partial charge in [0.1, 0.15) is 0 Å². The van der Waals surface area contributed by atoms with Crippen molar-refractivity contribution in [2.45, 2.75) is 18.8 Å². The van der Waals surface area contributed by atoms with E-state index in [1.807, 2.05) is 35.1 Å². The van der Waals surface area contributed by atoms with Gasteiger partial charge in [-0.3, -0.25) is 4.68 Å². The molecule has 0 spiro atoms. The van der Waals surface area contributed by atoms with E-state index in [1.165, 1.54) is 18.5 Å². The molecule has 0 unspecified atom stereocenters. The number of aromatic nitrogens is 4. The second-order valence-corrected chi connectivity index (χ2v) is 5.84. The van der Waals surface area contributed by atoms with Crippen LogP contribution in [0.15, 0.2) is 42.6 Å². The Hall–Kier alpha value is -2.89. The summed E-state index contributed by atoms with van der Waals surface area (Å²) < 4.78 is 3.56. The number of rotatable bonds is 4. The molecule has 3 aromatic rings. The zero-order valence-corrected chi connectivity index (χ0v) is 12.7. The zero-order valence-electron chi connectivity index (χ0n) is 12.7. The fourth-order valence-electron chi connectivity index (χ4n) is 2.86. The molecule has 1 aromatic carbocycles. The Bertz CT molecular complexity index is 890. The molecule has 0 amide bonds. The van der Waals surface area contributed by atoms with Crippen LogP contribution in [0.3, 0.4) is 0 Å². The molecule has 0 radical (unpaired) electrons. The van der Waals surface area contributed by atoms with Gasteiger partial charge in [-0.2, -0.15) is 10.2 Å². The first-order valence-corrected chi connectivity index (χ1v) is 7.55. The number of aromatic carboxylic acids is 1. The maximum atomic E-state index is 11.1. The molecule has 0 atom stereocenters. The van der Waals surface area contributed by atoms with Crippen molar-refractivity contribution in [2.75, 3.05) is 0 Å². The summed E-state index contributed by atoms with van der Waals surface area (Å²) in [5.74, 6) is -0.414. The Kier molecular flexibility index (Phi) is 3.04. The molecule has 0 aliphatic heterocycles. The van der Waals surface area contributed by atoms with Crippen LogP contribution < -0.4 is 0 Å². The first kappa shape index (κ1) is 13.8. The molecule has 0 saturated heterocycles. The van der Waals surface area contributed by atoms with E-state index in [1.54, 1.807) is 17.8 Å². The van der Waals surface area contributed by atoms with Crippen molar-refractivity contribution < 1.29 is 9.90 Å². The van der Waals surface area contributed by atoms with Crippen molar-refractivity contribution in [1.82, 2.24) is 19.6 Å². The summed E-state index contributed by atoms with van der Waals surface area (Å²) in [6.45, 7) is 0. The van der Waals surface area contributed by atoms with Crippen LogP contribution >= 0.6 is 0 Å². The van der Waals surface area contributed by atoms with Crippen LogP contribution in [0.1, 0.15) is 34.9 Å². The van der Waals surface area contributed by atoms with Crippen LogP contribution in [0.5, 0.6) is 0 Å². The molecular weight excluding hydrogens is 292 g/mol. The molecule has 2 aromatic heterocycles. The summed E-state index contributed by atoms with van der Waals surface area (Å²) >= 11 is 0. The second-order valence-electron chi connectivity index (χ2n) is 5.84. The molecule has 1 fully saturated rings. The third kappa shape index (κ3) is 2.42. The Morgan fingerprint density at radius 3 is 2.78 bits per heavy atom. The van der Waals surface area contributed by atoms with Gasteiger partial charge in [0.05, 0.1) is 11.4 Å². The van der Waals surface area contributed by atoms with Gasteiger partial charge in [-0.15, -0.1) is 0 Å². The van der Waals surface area contributed by atoms with E-state index in [2.05, 4.69) is 16.3 Å². The van der Waals surface area contributed by atoms with Crippen molar-refractivity contribution in [3.05, 3.63) is 54.0 Å². The average molecular weight is 308 g/mol. The van der Waals surface area contributed by atoms with Crippen LogP contribution in [0, 0.1) is 0 Å². The summed E-state index contributed by atoms with van der Waals surface area (Å²) in [7, 11) is 1.75.